The van der Waals surface area contributed by atoms with Crippen LogP contribution >= 0.6 is 0 Å². The second-order valence-corrected chi connectivity index (χ2v) is 3.81. The van der Waals surface area contributed by atoms with E-state index in [2.05, 4.69) is 18.9 Å². The standard InChI is InChI=1S/C8H18N2.C2H6/c1-8(9)4-3-6-10(2)7-5-8;1-2/h3-7,9H2,1-2H3;1-2H3/t8-;/m0./s1. The summed E-state index contributed by atoms with van der Waals surface area (Å²) in [5, 5.41) is 0. The topological polar surface area (TPSA) is 29.3 Å². The molecule has 74 valence electrons. The average molecular weight is 172 g/mol. The average Bonchev–Trinajstić information content (AvgIpc) is 2.17. The smallest absolute Gasteiger partial charge is 0.0138 e. The van der Waals surface area contributed by atoms with E-state index in [0.717, 1.165) is 13.0 Å². The number of nitrogens with zero attached hydrogens (tertiary/aromatic N) is 1. The lowest BCUT2D eigenvalue weighted by Gasteiger charge is -2.21. The van der Waals surface area contributed by atoms with Crippen LogP contribution < -0.4 is 5.73 Å². The molecule has 2 nitrogen and oxygen atoms in total. The van der Waals surface area contributed by atoms with Crippen molar-refractivity contribution in [3.63, 3.8) is 0 Å². The van der Waals surface area contributed by atoms with Crippen molar-refractivity contribution in [1.29, 1.82) is 0 Å². The maximum absolute atomic E-state index is 6.01. The van der Waals surface area contributed by atoms with Crippen LogP contribution in [-0.2, 0) is 0 Å². The van der Waals surface area contributed by atoms with E-state index in [1.165, 1.54) is 19.4 Å². The van der Waals surface area contributed by atoms with Crippen molar-refractivity contribution >= 4 is 0 Å². The molecule has 0 bridgehead atoms. The molecular formula is C10H24N2. The van der Waals surface area contributed by atoms with Crippen LogP contribution in [0.2, 0.25) is 0 Å². The van der Waals surface area contributed by atoms with E-state index in [4.69, 9.17) is 5.73 Å². The quantitative estimate of drug-likeness (QED) is 0.604. The zero-order chi connectivity index (χ0) is 9.61. The SMILES string of the molecule is CC.CN1CCC[C@](C)(N)CC1. The maximum Gasteiger partial charge on any atom is 0.0138 e. The Balaban J connectivity index is 0.000000561. The fraction of sp³-hybridized carbons (Fsp3) is 1.00. The van der Waals surface area contributed by atoms with Crippen molar-refractivity contribution in [2.75, 3.05) is 20.1 Å². The molecule has 0 saturated carbocycles. The molecule has 1 aliphatic heterocycles. The Morgan fingerprint density at radius 2 is 1.75 bits per heavy atom. The molecule has 12 heavy (non-hydrogen) atoms. The van der Waals surface area contributed by atoms with Crippen molar-refractivity contribution in [2.24, 2.45) is 5.73 Å². The molecular weight excluding hydrogens is 148 g/mol. The third-order valence-corrected chi connectivity index (χ3v) is 2.35. The minimum atomic E-state index is 0.102. The lowest BCUT2D eigenvalue weighted by Crippen LogP contribution is -2.36. The molecule has 1 heterocycles. The van der Waals surface area contributed by atoms with E-state index in [1.54, 1.807) is 0 Å². The molecule has 0 aromatic rings. The Kier molecular flexibility index (Phi) is 5.51. The third kappa shape index (κ3) is 4.73. The Bertz CT molecular complexity index is 110. The number of rotatable bonds is 0. The molecule has 0 aliphatic carbocycles. The van der Waals surface area contributed by atoms with Gasteiger partial charge in [-0.15, -0.1) is 0 Å². The van der Waals surface area contributed by atoms with Crippen LogP contribution in [0, 0.1) is 0 Å². The summed E-state index contributed by atoms with van der Waals surface area (Å²) >= 11 is 0. The molecule has 0 radical (unpaired) electrons. The lowest BCUT2D eigenvalue weighted by molar-refractivity contribution is 0.335. The molecule has 2 heteroatoms. The van der Waals surface area contributed by atoms with Gasteiger partial charge in [-0.05, 0) is 46.3 Å². The molecule has 1 fully saturated rings. The van der Waals surface area contributed by atoms with Crippen LogP contribution in [0.1, 0.15) is 40.0 Å². The van der Waals surface area contributed by atoms with Crippen molar-refractivity contribution in [3.8, 4) is 0 Å². The van der Waals surface area contributed by atoms with Crippen LogP contribution in [0.4, 0.5) is 0 Å². The second-order valence-electron chi connectivity index (χ2n) is 3.81. The van der Waals surface area contributed by atoms with E-state index in [9.17, 15) is 0 Å². The summed E-state index contributed by atoms with van der Waals surface area (Å²) in [6.45, 7) is 8.53. The molecule has 1 saturated heterocycles. The van der Waals surface area contributed by atoms with E-state index in [0.29, 0.717) is 0 Å². The molecule has 1 atom stereocenters. The third-order valence-electron chi connectivity index (χ3n) is 2.35. The van der Waals surface area contributed by atoms with E-state index >= 15 is 0 Å². The van der Waals surface area contributed by atoms with Gasteiger partial charge in [0, 0.05) is 5.54 Å². The molecule has 0 unspecified atom stereocenters. The highest BCUT2D eigenvalue weighted by Crippen LogP contribution is 2.17. The molecule has 0 aromatic carbocycles. The van der Waals surface area contributed by atoms with Crippen molar-refractivity contribution < 1.29 is 0 Å². The van der Waals surface area contributed by atoms with Gasteiger partial charge in [0.2, 0.25) is 0 Å². The summed E-state index contributed by atoms with van der Waals surface area (Å²) in [6.07, 6.45) is 3.57. The van der Waals surface area contributed by atoms with Gasteiger partial charge in [0.05, 0.1) is 0 Å². The molecule has 0 aromatic heterocycles. The van der Waals surface area contributed by atoms with Gasteiger partial charge < -0.3 is 10.6 Å². The second kappa shape index (κ2) is 5.55. The highest BCUT2D eigenvalue weighted by atomic mass is 15.1. The molecule has 1 rings (SSSR count). The maximum atomic E-state index is 6.01. The van der Waals surface area contributed by atoms with E-state index < -0.39 is 0 Å². The summed E-state index contributed by atoms with van der Waals surface area (Å²) in [5.74, 6) is 0. The van der Waals surface area contributed by atoms with Gasteiger partial charge in [-0.3, -0.25) is 0 Å². The van der Waals surface area contributed by atoms with Gasteiger partial charge in [0.25, 0.3) is 0 Å². The van der Waals surface area contributed by atoms with Crippen LogP contribution in [0.5, 0.6) is 0 Å². The van der Waals surface area contributed by atoms with Gasteiger partial charge in [-0.25, -0.2) is 0 Å². The summed E-state index contributed by atoms with van der Waals surface area (Å²) < 4.78 is 0. The molecule has 0 amide bonds. The summed E-state index contributed by atoms with van der Waals surface area (Å²) in [7, 11) is 2.17. The fourth-order valence-electron chi connectivity index (χ4n) is 1.44. The van der Waals surface area contributed by atoms with Gasteiger partial charge in [-0.1, -0.05) is 13.8 Å². The predicted molar refractivity (Wildman–Crippen MR) is 55.3 cm³/mol. The monoisotopic (exact) mass is 172 g/mol. The Morgan fingerprint density at radius 3 is 2.33 bits per heavy atom. The highest BCUT2D eigenvalue weighted by Gasteiger charge is 2.21. The number of likely N-dealkylation sites (tertiary alicyclic amines) is 1. The van der Waals surface area contributed by atoms with Crippen LogP contribution in [0.15, 0.2) is 0 Å². The molecule has 2 N–H and O–H groups in total. The predicted octanol–water partition coefficient (Wildman–Crippen LogP) is 1.85. The zero-order valence-corrected chi connectivity index (χ0v) is 9.06. The van der Waals surface area contributed by atoms with Gasteiger partial charge in [0.15, 0.2) is 0 Å². The van der Waals surface area contributed by atoms with Crippen LogP contribution in [-0.4, -0.2) is 30.6 Å². The van der Waals surface area contributed by atoms with Crippen molar-refractivity contribution in [1.82, 2.24) is 4.90 Å². The first-order valence-electron chi connectivity index (χ1n) is 5.08. The van der Waals surface area contributed by atoms with Crippen LogP contribution in [0.25, 0.3) is 0 Å². The summed E-state index contributed by atoms with van der Waals surface area (Å²) in [4.78, 5) is 2.36. The van der Waals surface area contributed by atoms with E-state index in [1.807, 2.05) is 13.8 Å². The number of hydrogen-bond acceptors (Lipinski definition) is 2. The summed E-state index contributed by atoms with van der Waals surface area (Å²) in [6, 6.07) is 0. The Labute approximate surface area is 77.1 Å². The first-order valence-corrected chi connectivity index (χ1v) is 5.08. The number of hydrogen-bond donors (Lipinski definition) is 1. The molecule has 0 spiro atoms. The summed E-state index contributed by atoms with van der Waals surface area (Å²) in [5.41, 5.74) is 6.12. The largest absolute Gasteiger partial charge is 0.325 e. The Hall–Kier alpha value is -0.0800. The van der Waals surface area contributed by atoms with Gasteiger partial charge in [-0.2, -0.15) is 0 Å². The van der Waals surface area contributed by atoms with Gasteiger partial charge >= 0.3 is 0 Å². The van der Waals surface area contributed by atoms with E-state index in [-0.39, 0.29) is 5.54 Å². The molecule has 1 aliphatic rings. The van der Waals surface area contributed by atoms with Crippen molar-refractivity contribution in [2.45, 2.75) is 45.6 Å². The fourth-order valence-corrected chi connectivity index (χ4v) is 1.44. The first kappa shape index (κ1) is 11.9. The van der Waals surface area contributed by atoms with Crippen molar-refractivity contribution in [3.05, 3.63) is 0 Å². The number of nitrogens with two attached hydrogens (primary N) is 1. The zero-order valence-electron chi connectivity index (χ0n) is 9.06. The first-order chi connectivity index (χ1) is 5.60. The lowest BCUT2D eigenvalue weighted by atomic mass is 9.95. The highest BCUT2D eigenvalue weighted by molar-refractivity contribution is 4.82. The minimum absolute atomic E-state index is 0.102. The van der Waals surface area contributed by atoms with Gasteiger partial charge in [0.1, 0.15) is 0 Å². The van der Waals surface area contributed by atoms with Crippen LogP contribution in [0.3, 0.4) is 0 Å². The Morgan fingerprint density at radius 1 is 1.17 bits per heavy atom. The minimum Gasteiger partial charge on any atom is -0.325 e. The normalized spacial score (nSPS) is 31.8.